The summed E-state index contributed by atoms with van der Waals surface area (Å²) in [6.07, 6.45) is 0. The lowest BCUT2D eigenvalue weighted by atomic mass is 10.1. The fourth-order valence-corrected chi connectivity index (χ4v) is 3.58. The number of benzene rings is 2. The van der Waals surface area contributed by atoms with Gasteiger partial charge in [0.05, 0.1) is 23.3 Å². The quantitative estimate of drug-likeness (QED) is 0.706. The largest absolute Gasteiger partial charge is 0.497 e. The molecule has 0 bridgehead atoms. The number of piperazine rings is 1. The van der Waals surface area contributed by atoms with Gasteiger partial charge in [-0.2, -0.15) is 0 Å². The van der Waals surface area contributed by atoms with Gasteiger partial charge in [-0.25, -0.2) is 4.39 Å². The van der Waals surface area contributed by atoms with Crippen molar-refractivity contribution >= 4 is 39.3 Å². The number of hydrogen-bond donors (Lipinski definition) is 0. The summed E-state index contributed by atoms with van der Waals surface area (Å²) in [5, 5.41) is 0.0822. The molecule has 0 N–H and O–H groups in total. The van der Waals surface area contributed by atoms with Gasteiger partial charge in [-0.15, -0.1) is 0 Å². The van der Waals surface area contributed by atoms with Gasteiger partial charge in [0.15, 0.2) is 0 Å². The summed E-state index contributed by atoms with van der Waals surface area (Å²) < 4.78 is 19.0. The first-order valence-electron chi connectivity index (χ1n) is 8.28. The van der Waals surface area contributed by atoms with Gasteiger partial charge in [0.2, 0.25) is 0 Å². The number of amides is 2. The van der Waals surface area contributed by atoms with Crippen molar-refractivity contribution in [1.29, 1.82) is 0 Å². The number of rotatable bonds is 3. The van der Waals surface area contributed by atoms with Gasteiger partial charge in [0, 0.05) is 30.7 Å². The van der Waals surface area contributed by atoms with Crippen LogP contribution in [0.2, 0.25) is 5.02 Å². The van der Waals surface area contributed by atoms with E-state index in [4.69, 9.17) is 16.3 Å². The third kappa shape index (κ3) is 4.25. The van der Waals surface area contributed by atoms with Gasteiger partial charge < -0.3 is 14.5 Å². The first-order chi connectivity index (χ1) is 12.9. The molecular formula is C19H17BrClFN2O3. The summed E-state index contributed by atoms with van der Waals surface area (Å²) in [5.41, 5.74) is 0.768. The molecular weight excluding hydrogens is 439 g/mol. The highest BCUT2D eigenvalue weighted by atomic mass is 79.9. The van der Waals surface area contributed by atoms with E-state index in [1.165, 1.54) is 12.1 Å². The Kier molecular flexibility index (Phi) is 6.01. The lowest BCUT2D eigenvalue weighted by molar-refractivity contribution is 0.0535. The SMILES string of the molecule is COc1ccc(Br)c(C(=O)N2CCN(C(=O)c3ccc(F)cc3Cl)CC2)c1. The molecule has 0 spiro atoms. The van der Waals surface area contributed by atoms with E-state index in [2.05, 4.69) is 15.9 Å². The first kappa shape index (κ1) is 19.6. The zero-order valence-electron chi connectivity index (χ0n) is 14.5. The molecule has 1 aliphatic rings. The van der Waals surface area contributed by atoms with Gasteiger partial charge in [-0.3, -0.25) is 9.59 Å². The molecule has 0 radical (unpaired) electrons. The van der Waals surface area contributed by atoms with Crippen LogP contribution in [-0.2, 0) is 0 Å². The molecule has 142 valence electrons. The number of halogens is 3. The lowest BCUT2D eigenvalue weighted by Gasteiger charge is -2.35. The minimum Gasteiger partial charge on any atom is -0.497 e. The third-order valence-electron chi connectivity index (χ3n) is 4.42. The van der Waals surface area contributed by atoms with Crippen molar-refractivity contribution in [3.05, 3.63) is 62.8 Å². The highest BCUT2D eigenvalue weighted by Gasteiger charge is 2.27. The molecule has 2 amide bonds. The molecule has 2 aromatic rings. The van der Waals surface area contributed by atoms with Crippen LogP contribution in [-0.4, -0.2) is 54.9 Å². The van der Waals surface area contributed by atoms with E-state index in [0.717, 1.165) is 6.07 Å². The van der Waals surface area contributed by atoms with Crippen molar-refractivity contribution < 1.29 is 18.7 Å². The second kappa shape index (κ2) is 8.27. The number of carbonyl (C=O) groups excluding carboxylic acids is 2. The van der Waals surface area contributed by atoms with E-state index in [9.17, 15) is 14.0 Å². The summed E-state index contributed by atoms with van der Waals surface area (Å²) in [7, 11) is 1.54. The second-order valence-electron chi connectivity index (χ2n) is 6.05. The van der Waals surface area contributed by atoms with Crippen molar-refractivity contribution in [2.24, 2.45) is 0 Å². The minimum absolute atomic E-state index is 0.0822. The molecule has 0 saturated carbocycles. The molecule has 1 heterocycles. The van der Waals surface area contributed by atoms with Crippen LogP contribution in [0.15, 0.2) is 40.9 Å². The molecule has 2 aromatic carbocycles. The van der Waals surface area contributed by atoms with Crippen molar-refractivity contribution in [2.75, 3.05) is 33.3 Å². The third-order valence-corrected chi connectivity index (χ3v) is 5.42. The smallest absolute Gasteiger partial charge is 0.255 e. The maximum Gasteiger partial charge on any atom is 0.255 e. The molecule has 27 heavy (non-hydrogen) atoms. The van der Waals surface area contributed by atoms with Crippen LogP contribution in [0.1, 0.15) is 20.7 Å². The molecule has 1 fully saturated rings. The number of carbonyl (C=O) groups is 2. The van der Waals surface area contributed by atoms with E-state index < -0.39 is 5.82 Å². The zero-order chi connectivity index (χ0) is 19.6. The molecule has 0 unspecified atom stereocenters. The lowest BCUT2D eigenvalue weighted by Crippen LogP contribution is -2.50. The minimum atomic E-state index is -0.490. The molecule has 3 rings (SSSR count). The number of nitrogens with zero attached hydrogens (tertiary/aromatic N) is 2. The van der Waals surface area contributed by atoms with Crippen LogP contribution in [0, 0.1) is 5.82 Å². The van der Waals surface area contributed by atoms with Crippen molar-refractivity contribution in [3.63, 3.8) is 0 Å². The van der Waals surface area contributed by atoms with E-state index in [1.54, 1.807) is 35.1 Å². The van der Waals surface area contributed by atoms with Gasteiger partial charge in [-0.1, -0.05) is 11.6 Å². The maximum atomic E-state index is 13.2. The normalized spacial score (nSPS) is 14.2. The van der Waals surface area contributed by atoms with Crippen LogP contribution >= 0.6 is 27.5 Å². The number of hydrogen-bond acceptors (Lipinski definition) is 3. The van der Waals surface area contributed by atoms with Gasteiger partial charge >= 0.3 is 0 Å². The molecule has 8 heteroatoms. The van der Waals surface area contributed by atoms with Gasteiger partial charge in [-0.05, 0) is 52.3 Å². The van der Waals surface area contributed by atoms with E-state index in [1.807, 2.05) is 0 Å². The Balaban J connectivity index is 1.68. The summed E-state index contributed by atoms with van der Waals surface area (Å²) in [6.45, 7) is 1.54. The predicted molar refractivity (Wildman–Crippen MR) is 104 cm³/mol. The Morgan fingerprint density at radius 2 is 1.59 bits per heavy atom. The Hall–Kier alpha value is -2.12. The number of methoxy groups -OCH3 is 1. The number of ether oxygens (including phenoxy) is 1. The van der Waals surface area contributed by atoms with Crippen LogP contribution in [0.5, 0.6) is 5.75 Å². The maximum absolute atomic E-state index is 13.2. The standard InChI is InChI=1S/C19H17BrClFN2O3/c1-27-13-3-5-16(20)15(11-13)19(26)24-8-6-23(7-9-24)18(25)14-4-2-12(22)10-17(14)21/h2-5,10-11H,6-9H2,1H3. The molecule has 1 aliphatic heterocycles. The molecule has 0 aromatic heterocycles. The summed E-state index contributed by atoms with van der Waals surface area (Å²) in [6, 6.07) is 8.92. The Labute approximate surface area is 169 Å². The van der Waals surface area contributed by atoms with E-state index in [-0.39, 0.29) is 22.4 Å². The topological polar surface area (TPSA) is 49.9 Å². The average molecular weight is 456 g/mol. The van der Waals surface area contributed by atoms with Crippen molar-refractivity contribution in [1.82, 2.24) is 9.80 Å². The summed E-state index contributed by atoms with van der Waals surface area (Å²) >= 11 is 9.37. The fourth-order valence-electron chi connectivity index (χ4n) is 2.91. The Bertz CT molecular complexity index is 885. The van der Waals surface area contributed by atoms with Crippen LogP contribution in [0.25, 0.3) is 0 Å². The molecule has 1 saturated heterocycles. The fraction of sp³-hybridized carbons (Fsp3) is 0.263. The first-order valence-corrected chi connectivity index (χ1v) is 9.45. The Morgan fingerprint density at radius 1 is 1.00 bits per heavy atom. The highest BCUT2D eigenvalue weighted by Crippen LogP contribution is 2.25. The van der Waals surface area contributed by atoms with Crippen LogP contribution in [0.3, 0.4) is 0 Å². The van der Waals surface area contributed by atoms with Crippen LogP contribution < -0.4 is 4.74 Å². The summed E-state index contributed by atoms with van der Waals surface area (Å²) in [5.74, 6) is -0.292. The van der Waals surface area contributed by atoms with Crippen molar-refractivity contribution in [2.45, 2.75) is 0 Å². The zero-order valence-corrected chi connectivity index (χ0v) is 16.9. The average Bonchev–Trinajstić information content (AvgIpc) is 2.67. The van der Waals surface area contributed by atoms with Crippen LogP contribution in [0.4, 0.5) is 4.39 Å². The van der Waals surface area contributed by atoms with E-state index in [0.29, 0.717) is 42.0 Å². The van der Waals surface area contributed by atoms with Gasteiger partial charge in [0.1, 0.15) is 11.6 Å². The Morgan fingerprint density at radius 3 is 2.15 bits per heavy atom. The van der Waals surface area contributed by atoms with Gasteiger partial charge in [0.25, 0.3) is 11.8 Å². The second-order valence-corrected chi connectivity index (χ2v) is 7.32. The highest BCUT2D eigenvalue weighted by molar-refractivity contribution is 9.10. The van der Waals surface area contributed by atoms with Crippen molar-refractivity contribution in [3.8, 4) is 5.75 Å². The monoisotopic (exact) mass is 454 g/mol. The molecule has 5 nitrogen and oxygen atoms in total. The summed E-state index contributed by atoms with van der Waals surface area (Å²) in [4.78, 5) is 28.7. The molecule has 0 atom stereocenters. The predicted octanol–water partition coefficient (Wildman–Crippen LogP) is 3.85. The molecule has 0 aliphatic carbocycles. The van der Waals surface area contributed by atoms with E-state index >= 15 is 0 Å².